The first kappa shape index (κ1) is 12.0. The second kappa shape index (κ2) is 5.74. The van der Waals surface area contributed by atoms with E-state index in [2.05, 4.69) is 18.4 Å². The molecular formula is C11H21ClN2. The summed E-state index contributed by atoms with van der Waals surface area (Å²) >= 11 is 5.85. The molecule has 2 atom stereocenters. The Morgan fingerprint density at radius 1 is 1.57 bits per heavy atom. The van der Waals surface area contributed by atoms with Crippen molar-refractivity contribution >= 4 is 11.6 Å². The van der Waals surface area contributed by atoms with Crippen LogP contribution >= 0.6 is 11.6 Å². The van der Waals surface area contributed by atoms with Gasteiger partial charge < -0.3 is 5.73 Å². The van der Waals surface area contributed by atoms with Crippen molar-refractivity contribution in [1.82, 2.24) is 4.90 Å². The molecule has 0 aromatic rings. The van der Waals surface area contributed by atoms with Crippen molar-refractivity contribution in [2.45, 2.75) is 32.2 Å². The average Bonchev–Trinajstić information content (AvgIpc) is 2.61. The van der Waals surface area contributed by atoms with Crippen LogP contribution in [0.25, 0.3) is 0 Å². The van der Waals surface area contributed by atoms with Crippen molar-refractivity contribution in [3.63, 3.8) is 0 Å². The van der Waals surface area contributed by atoms with Crippen LogP contribution in [-0.4, -0.2) is 30.6 Å². The summed E-state index contributed by atoms with van der Waals surface area (Å²) in [5.41, 5.74) is 5.77. The second-order valence-corrected chi connectivity index (χ2v) is 4.61. The average molecular weight is 217 g/mol. The molecule has 1 saturated carbocycles. The van der Waals surface area contributed by atoms with Gasteiger partial charge in [-0.2, -0.15) is 0 Å². The summed E-state index contributed by atoms with van der Waals surface area (Å²) in [6, 6.07) is 0.625. The van der Waals surface area contributed by atoms with E-state index in [4.69, 9.17) is 17.3 Å². The lowest BCUT2D eigenvalue weighted by molar-refractivity contribution is 0.187. The topological polar surface area (TPSA) is 29.3 Å². The SMILES string of the molecule is C=C(Cl)CN(CC)C1CCCC1CN. The Labute approximate surface area is 92.1 Å². The van der Waals surface area contributed by atoms with Crippen molar-refractivity contribution in [3.05, 3.63) is 11.6 Å². The maximum absolute atomic E-state index is 5.85. The van der Waals surface area contributed by atoms with Crippen LogP contribution in [0, 0.1) is 5.92 Å². The van der Waals surface area contributed by atoms with Crippen molar-refractivity contribution in [2.75, 3.05) is 19.6 Å². The number of nitrogens with two attached hydrogens (primary N) is 1. The van der Waals surface area contributed by atoms with E-state index in [9.17, 15) is 0 Å². The summed E-state index contributed by atoms with van der Waals surface area (Å²) in [5.74, 6) is 0.658. The summed E-state index contributed by atoms with van der Waals surface area (Å²) in [6.45, 7) is 8.57. The number of hydrogen-bond acceptors (Lipinski definition) is 2. The first-order chi connectivity index (χ1) is 6.69. The van der Waals surface area contributed by atoms with Crippen LogP contribution in [0.4, 0.5) is 0 Å². The molecule has 0 saturated heterocycles. The van der Waals surface area contributed by atoms with Gasteiger partial charge in [0.2, 0.25) is 0 Å². The Balaban J connectivity index is 2.54. The fraction of sp³-hybridized carbons (Fsp3) is 0.818. The molecule has 0 bridgehead atoms. The van der Waals surface area contributed by atoms with E-state index in [0.29, 0.717) is 12.0 Å². The lowest BCUT2D eigenvalue weighted by atomic mass is 10.0. The normalized spacial score (nSPS) is 27.1. The zero-order valence-electron chi connectivity index (χ0n) is 9.01. The van der Waals surface area contributed by atoms with Crippen LogP contribution in [-0.2, 0) is 0 Å². The molecule has 1 rings (SSSR count). The highest BCUT2D eigenvalue weighted by Gasteiger charge is 2.30. The van der Waals surface area contributed by atoms with Gasteiger partial charge in [-0.1, -0.05) is 31.5 Å². The lowest BCUT2D eigenvalue weighted by Gasteiger charge is -2.31. The second-order valence-electron chi connectivity index (χ2n) is 4.07. The highest BCUT2D eigenvalue weighted by Crippen LogP contribution is 2.29. The Bertz CT molecular complexity index is 194. The summed E-state index contributed by atoms with van der Waals surface area (Å²) in [5, 5.41) is 0.731. The van der Waals surface area contributed by atoms with E-state index >= 15 is 0 Å². The van der Waals surface area contributed by atoms with Crippen LogP contribution < -0.4 is 5.73 Å². The number of likely N-dealkylation sites (N-methyl/N-ethyl adjacent to an activating group) is 1. The standard InChI is InChI=1S/C11H21ClN2/c1-3-14(8-9(2)12)11-6-4-5-10(11)7-13/h10-11H,2-8,13H2,1H3. The molecule has 0 amide bonds. The monoisotopic (exact) mass is 216 g/mol. The third kappa shape index (κ3) is 2.97. The molecule has 2 nitrogen and oxygen atoms in total. The molecule has 1 aliphatic carbocycles. The summed E-state index contributed by atoms with van der Waals surface area (Å²) in [7, 11) is 0. The first-order valence-electron chi connectivity index (χ1n) is 5.46. The molecule has 14 heavy (non-hydrogen) atoms. The largest absolute Gasteiger partial charge is 0.330 e. The third-order valence-corrected chi connectivity index (χ3v) is 3.29. The zero-order valence-corrected chi connectivity index (χ0v) is 9.76. The van der Waals surface area contributed by atoms with Gasteiger partial charge in [0.15, 0.2) is 0 Å². The number of rotatable bonds is 5. The molecule has 0 aromatic heterocycles. The van der Waals surface area contributed by atoms with Crippen molar-refractivity contribution in [1.29, 1.82) is 0 Å². The minimum Gasteiger partial charge on any atom is -0.330 e. The van der Waals surface area contributed by atoms with Gasteiger partial charge >= 0.3 is 0 Å². The van der Waals surface area contributed by atoms with Crippen LogP contribution in [0.3, 0.4) is 0 Å². The van der Waals surface area contributed by atoms with Crippen molar-refractivity contribution in [2.24, 2.45) is 11.7 Å². The zero-order chi connectivity index (χ0) is 10.6. The van der Waals surface area contributed by atoms with Gasteiger partial charge in [-0.15, -0.1) is 0 Å². The molecule has 1 fully saturated rings. The molecule has 0 spiro atoms. The van der Waals surface area contributed by atoms with Crippen LogP contribution in [0.1, 0.15) is 26.2 Å². The highest BCUT2D eigenvalue weighted by atomic mass is 35.5. The predicted octanol–water partition coefficient (Wildman–Crippen LogP) is 2.19. The van der Waals surface area contributed by atoms with Gasteiger partial charge in [-0.05, 0) is 31.8 Å². The summed E-state index contributed by atoms with van der Waals surface area (Å²) in [4.78, 5) is 2.40. The van der Waals surface area contributed by atoms with E-state index in [0.717, 1.165) is 24.7 Å². The maximum Gasteiger partial charge on any atom is 0.0338 e. The van der Waals surface area contributed by atoms with Gasteiger partial charge in [-0.3, -0.25) is 4.90 Å². The highest BCUT2D eigenvalue weighted by molar-refractivity contribution is 6.29. The number of nitrogens with zero attached hydrogens (tertiary/aromatic N) is 1. The molecule has 0 aliphatic heterocycles. The molecular weight excluding hydrogens is 196 g/mol. The van der Waals surface area contributed by atoms with E-state index < -0.39 is 0 Å². The minimum atomic E-state index is 0.625. The van der Waals surface area contributed by atoms with E-state index in [1.807, 2.05) is 0 Å². The fourth-order valence-corrected chi connectivity index (χ4v) is 2.61. The van der Waals surface area contributed by atoms with Crippen LogP contribution in [0.5, 0.6) is 0 Å². The van der Waals surface area contributed by atoms with Gasteiger partial charge in [0.1, 0.15) is 0 Å². The van der Waals surface area contributed by atoms with Crippen LogP contribution in [0.15, 0.2) is 11.6 Å². The quantitative estimate of drug-likeness (QED) is 0.764. The maximum atomic E-state index is 5.85. The number of hydrogen-bond donors (Lipinski definition) is 1. The molecule has 2 unspecified atom stereocenters. The molecule has 0 heterocycles. The summed E-state index contributed by atoms with van der Waals surface area (Å²) in [6.07, 6.45) is 3.84. The third-order valence-electron chi connectivity index (χ3n) is 3.17. The summed E-state index contributed by atoms with van der Waals surface area (Å²) < 4.78 is 0. The Morgan fingerprint density at radius 2 is 2.29 bits per heavy atom. The molecule has 0 aromatic carbocycles. The smallest absolute Gasteiger partial charge is 0.0338 e. The van der Waals surface area contributed by atoms with Gasteiger partial charge in [0.05, 0.1) is 0 Å². The molecule has 0 radical (unpaired) electrons. The Morgan fingerprint density at radius 3 is 2.79 bits per heavy atom. The fourth-order valence-electron chi connectivity index (χ4n) is 2.46. The van der Waals surface area contributed by atoms with Crippen LogP contribution in [0.2, 0.25) is 0 Å². The number of halogens is 1. The lowest BCUT2D eigenvalue weighted by Crippen LogP contribution is -2.40. The molecule has 1 aliphatic rings. The van der Waals surface area contributed by atoms with Gasteiger partial charge in [-0.25, -0.2) is 0 Å². The van der Waals surface area contributed by atoms with E-state index in [1.165, 1.54) is 19.3 Å². The van der Waals surface area contributed by atoms with Gasteiger partial charge in [0, 0.05) is 17.6 Å². The first-order valence-corrected chi connectivity index (χ1v) is 5.84. The van der Waals surface area contributed by atoms with E-state index in [1.54, 1.807) is 0 Å². The van der Waals surface area contributed by atoms with Gasteiger partial charge in [0.25, 0.3) is 0 Å². The van der Waals surface area contributed by atoms with Crippen molar-refractivity contribution < 1.29 is 0 Å². The predicted molar refractivity (Wildman–Crippen MR) is 62.4 cm³/mol. The minimum absolute atomic E-state index is 0.625. The molecule has 82 valence electrons. The Kier molecular flexibility index (Phi) is 4.93. The van der Waals surface area contributed by atoms with Crippen molar-refractivity contribution in [3.8, 4) is 0 Å². The van der Waals surface area contributed by atoms with E-state index in [-0.39, 0.29) is 0 Å². The molecule has 3 heteroatoms. The molecule has 2 N–H and O–H groups in total. The Hall–Kier alpha value is -0.0500.